The van der Waals surface area contributed by atoms with Gasteiger partial charge in [0, 0.05) is 48.2 Å². The van der Waals surface area contributed by atoms with Crippen LogP contribution in [0, 0.1) is 13.8 Å². The van der Waals surface area contributed by atoms with Crippen molar-refractivity contribution < 1.29 is 0 Å². The normalized spacial score (nSPS) is 10.6. The van der Waals surface area contributed by atoms with Gasteiger partial charge in [-0.25, -0.2) is 9.97 Å². The summed E-state index contributed by atoms with van der Waals surface area (Å²) in [5, 5.41) is 3.33. The molecule has 5 nitrogen and oxygen atoms in total. The molecule has 138 valence electrons. The zero-order chi connectivity index (χ0) is 19.3. The molecule has 0 saturated heterocycles. The second-order valence-electron chi connectivity index (χ2n) is 6.62. The first kappa shape index (κ1) is 17.8. The minimum atomic E-state index is 0.595. The van der Waals surface area contributed by atoms with Gasteiger partial charge in [-0.05, 0) is 48.7 Å². The topological polar surface area (TPSA) is 63.6 Å². The highest BCUT2D eigenvalue weighted by Gasteiger charge is 2.15. The summed E-state index contributed by atoms with van der Waals surface area (Å²) in [7, 11) is 0. The van der Waals surface area contributed by atoms with Gasteiger partial charge in [0.2, 0.25) is 5.95 Å². The lowest BCUT2D eigenvalue weighted by molar-refractivity contribution is 1.05. The molecule has 0 radical (unpaired) electrons. The van der Waals surface area contributed by atoms with E-state index in [4.69, 9.17) is 4.98 Å². The maximum absolute atomic E-state index is 4.85. The lowest BCUT2D eigenvalue weighted by Gasteiger charge is -2.14. The predicted molar refractivity (Wildman–Crippen MR) is 112 cm³/mol. The molecule has 0 aliphatic heterocycles. The smallest absolute Gasteiger partial charge is 0.223 e. The maximum atomic E-state index is 4.85. The second kappa shape index (κ2) is 7.96. The number of benzene rings is 1. The van der Waals surface area contributed by atoms with Crippen LogP contribution in [0.5, 0.6) is 0 Å². The predicted octanol–water partition coefficient (Wildman–Crippen LogP) is 4.83. The molecule has 5 heteroatoms. The van der Waals surface area contributed by atoms with Crippen molar-refractivity contribution in [2.24, 2.45) is 0 Å². The Kier molecular flexibility index (Phi) is 5.06. The Morgan fingerprint density at radius 3 is 2.43 bits per heavy atom. The Bertz CT molecular complexity index is 1090. The molecular formula is C23H21N5. The molecular weight excluding hydrogens is 346 g/mol. The quantitative estimate of drug-likeness (QED) is 0.547. The van der Waals surface area contributed by atoms with E-state index in [9.17, 15) is 0 Å². The Balaban J connectivity index is 1.77. The van der Waals surface area contributed by atoms with Crippen LogP contribution in [0.3, 0.4) is 0 Å². The fourth-order valence-corrected chi connectivity index (χ4v) is 3.16. The molecule has 1 N–H and O–H groups in total. The molecule has 1 aromatic carbocycles. The van der Waals surface area contributed by atoms with E-state index in [1.165, 1.54) is 5.56 Å². The van der Waals surface area contributed by atoms with Crippen molar-refractivity contribution >= 4 is 5.95 Å². The summed E-state index contributed by atoms with van der Waals surface area (Å²) in [6.45, 7) is 4.71. The van der Waals surface area contributed by atoms with Crippen molar-refractivity contribution in [1.82, 2.24) is 19.9 Å². The van der Waals surface area contributed by atoms with Crippen molar-refractivity contribution in [1.29, 1.82) is 0 Å². The number of hydrogen-bond donors (Lipinski definition) is 1. The number of aryl methyl sites for hydroxylation is 2. The van der Waals surface area contributed by atoms with E-state index in [0.29, 0.717) is 12.5 Å². The molecule has 3 heterocycles. The van der Waals surface area contributed by atoms with E-state index < -0.39 is 0 Å². The Labute approximate surface area is 164 Å². The first-order chi connectivity index (χ1) is 13.7. The van der Waals surface area contributed by atoms with Crippen molar-refractivity contribution in [3.8, 4) is 22.4 Å². The molecule has 0 aliphatic rings. The largest absolute Gasteiger partial charge is 0.350 e. The zero-order valence-corrected chi connectivity index (χ0v) is 15.9. The number of nitrogens with zero attached hydrogens (tertiary/aromatic N) is 4. The molecule has 0 aliphatic carbocycles. The molecule has 0 fully saturated rings. The number of aromatic nitrogens is 4. The van der Waals surface area contributed by atoms with Crippen LogP contribution in [0.25, 0.3) is 22.4 Å². The zero-order valence-electron chi connectivity index (χ0n) is 15.9. The van der Waals surface area contributed by atoms with Crippen molar-refractivity contribution in [2.45, 2.75) is 20.4 Å². The highest BCUT2D eigenvalue weighted by Crippen LogP contribution is 2.33. The van der Waals surface area contributed by atoms with Gasteiger partial charge in [-0.1, -0.05) is 30.3 Å². The lowest BCUT2D eigenvalue weighted by atomic mass is 9.98. The van der Waals surface area contributed by atoms with Crippen LogP contribution in [-0.2, 0) is 6.54 Å². The fraction of sp³-hybridized carbons (Fsp3) is 0.130. The first-order valence-electron chi connectivity index (χ1n) is 9.20. The van der Waals surface area contributed by atoms with Crippen molar-refractivity contribution in [3.63, 3.8) is 0 Å². The van der Waals surface area contributed by atoms with E-state index in [0.717, 1.165) is 33.6 Å². The number of nitrogens with one attached hydrogen (secondary N) is 1. The summed E-state index contributed by atoms with van der Waals surface area (Å²) in [4.78, 5) is 18.1. The van der Waals surface area contributed by atoms with Gasteiger partial charge >= 0.3 is 0 Å². The summed E-state index contributed by atoms with van der Waals surface area (Å²) >= 11 is 0. The van der Waals surface area contributed by atoms with Crippen LogP contribution in [0.15, 0.2) is 73.3 Å². The summed E-state index contributed by atoms with van der Waals surface area (Å²) in [5.74, 6) is 0.595. The molecule has 0 atom stereocenters. The molecule has 4 rings (SSSR count). The van der Waals surface area contributed by atoms with Crippen LogP contribution >= 0.6 is 0 Å². The molecule has 0 saturated carbocycles. The van der Waals surface area contributed by atoms with Gasteiger partial charge in [-0.2, -0.15) is 0 Å². The summed E-state index contributed by atoms with van der Waals surface area (Å²) in [6, 6.07) is 16.2. The van der Waals surface area contributed by atoms with Crippen molar-refractivity contribution in [2.75, 3.05) is 5.32 Å². The van der Waals surface area contributed by atoms with E-state index in [1.54, 1.807) is 12.4 Å². The first-order valence-corrected chi connectivity index (χ1v) is 9.20. The number of rotatable bonds is 5. The van der Waals surface area contributed by atoms with Gasteiger partial charge < -0.3 is 5.32 Å². The molecule has 0 amide bonds. The van der Waals surface area contributed by atoms with Gasteiger partial charge in [0.1, 0.15) is 0 Å². The monoisotopic (exact) mass is 367 g/mol. The van der Waals surface area contributed by atoms with Crippen molar-refractivity contribution in [3.05, 3.63) is 90.1 Å². The molecule has 0 bridgehead atoms. The van der Waals surface area contributed by atoms with Crippen LogP contribution < -0.4 is 5.32 Å². The highest BCUT2D eigenvalue weighted by molar-refractivity contribution is 5.82. The second-order valence-corrected chi connectivity index (χ2v) is 6.62. The Hall–Kier alpha value is -3.60. The molecule has 3 aromatic heterocycles. The third-order valence-corrected chi connectivity index (χ3v) is 4.65. The van der Waals surface area contributed by atoms with Gasteiger partial charge in [0.15, 0.2) is 0 Å². The van der Waals surface area contributed by atoms with Crippen LogP contribution in [-0.4, -0.2) is 19.9 Å². The van der Waals surface area contributed by atoms with Crippen LogP contribution in [0.4, 0.5) is 5.95 Å². The summed E-state index contributed by atoms with van der Waals surface area (Å²) in [5.41, 5.74) is 7.11. The van der Waals surface area contributed by atoms with Gasteiger partial charge in [0.05, 0.1) is 5.69 Å². The third kappa shape index (κ3) is 3.74. The number of hydrogen-bond acceptors (Lipinski definition) is 5. The number of pyridine rings is 2. The minimum Gasteiger partial charge on any atom is -0.350 e. The van der Waals surface area contributed by atoms with E-state index in [1.807, 2.05) is 62.6 Å². The lowest BCUT2D eigenvalue weighted by Crippen LogP contribution is -2.05. The third-order valence-electron chi connectivity index (χ3n) is 4.65. The standard InChI is InChI=1S/C23H21N5/c1-16-13-24-12-10-19(16)21-15-27-23(26-14-18-7-4-3-5-8-18)28-22(21)20-9-6-11-25-17(20)2/h3-13,15H,14H2,1-2H3,(H,26,27,28). The molecule has 4 aromatic rings. The summed E-state index contributed by atoms with van der Waals surface area (Å²) in [6.07, 6.45) is 7.33. The van der Waals surface area contributed by atoms with Crippen LogP contribution in [0.1, 0.15) is 16.8 Å². The number of anilines is 1. The fourth-order valence-electron chi connectivity index (χ4n) is 3.16. The van der Waals surface area contributed by atoms with E-state index in [2.05, 4.69) is 32.4 Å². The molecule has 28 heavy (non-hydrogen) atoms. The average Bonchev–Trinajstić information content (AvgIpc) is 2.74. The van der Waals surface area contributed by atoms with Gasteiger partial charge in [-0.3, -0.25) is 9.97 Å². The molecule has 0 unspecified atom stereocenters. The minimum absolute atomic E-state index is 0.595. The Morgan fingerprint density at radius 1 is 0.786 bits per heavy atom. The maximum Gasteiger partial charge on any atom is 0.223 e. The average molecular weight is 367 g/mol. The SMILES string of the molecule is Cc1cnccc1-c1cnc(NCc2ccccc2)nc1-c1cccnc1C. The Morgan fingerprint density at radius 2 is 1.64 bits per heavy atom. The summed E-state index contributed by atoms with van der Waals surface area (Å²) < 4.78 is 0. The van der Waals surface area contributed by atoms with E-state index >= 15 is 0 Å². The molecule has 0 spiro atoms. The van der Waals surface area contributed by atoms with Gasteiger partial charge in [0.25, 0.3) is 0 Å². The van der Waals surface area contributed by atoms with E-state index in [-0.39, 0.29) is 0 Å². The van der Waals surface area contributed by atoms with Gasteiger partial charge in [-0.15, -0.1) is 0 Å². The highest BCUT2D eigenvalue weighted by atomic mass is 15.1. The van der Waals surface area contributed by atoms with Crippen LogP contribution in [0.2, 0.25) is 0 Å².